The van der Waals surface area contributed by atoms with Crippen LogP contribution < -0.4 is 10.1 Å². The van der Waals surface area contributed by atoms with E-state index in [4.69, 9.17) is 27.9 Å². The highest BCUT2D eigenvalue weighted by molar-refractivity contribution is 7.99. The monoisotopic (exact) mass is 500 g/mol. The molecule has 0 spiro atoms. The highest BCUT2D eigenvalue weighted by Gasteiger charge is 2.14. The van der Waals surface area contributed by atoms with Crippen LogP contribution in [0.1, 0.15) is 19.2 Å². The van der Waals surface area contributed by atoms with Gasteiger partial charge in [-0.25, -0.2) is 8.78 Å². The molecule has 1 amide bonds. The summed E-state index contributed by atoms with van der Waals surface area (Å²) in [7, 11) is 0. The fraction of sp³-hybridized carbons (Fsp3) is 0.286. The van der Waals surface area contributed by atoms with Crippen LogP contribution in [-0.4, -0.2) is 33.0 Å². The lowest BCUT2D eigenvalue weighted by molar-refractivity contribution is -0.113. The van der Waals surface area contributed by atoms with Crippen molar-refractivity contribution in [3.63, 3.8) is 0 Å². The van der Waals surface area contributed by atoms with Crippen LogP contribution in [0.3, 0.4) is 0 Å². The molecule has 0 bridgehead atoms. The number of nitrogens with one attached hydrogen (secondary N) is 1. The van der Waals surface area contributed by atoms with Crippen molar-refractivity contribution in [1.82, 2.24) is 14.8 Å². The predicted octanol–water partition coefficient (Wildman–Crippen LogP) is 5.63. The number of benzene rings is 2. The van der Waals surface area contributed by atoms with Crippen molar-refractivity contribution in [2.24, 2.45) is 0 Å². The number of aryl methyl sites for hydroxylation is 1. The van der Waals surface area contributed by atoms with E-state index in [1.165, 1.54) is 17.8 Å². The molecular formula is C21H20Cl2F2N4O2S. The average Bonchev–Trinajstić information content (AvgIpc) is 3.14. The lowest BCUT2D eigenvalue weighted by atomic mass is 10.3. The van der Waals surface area contributed by atoms with E-state index in [-0.39, 0.29) is 11.4 Å². The van der Waals surface area contributed by atoms with Gasteiger partial charge in [0.1, 0.15) is 23.2 Å². The third kappa shape index (κ3) is 6.57. The van der Waals surface area contributed by atoms with Crippen molar-refractivity contribution in [2.45, 2.75) is 31.5 Å². The van der Waals surface area contributed by atoms with Crippen LogP contribution in [0.2, 0.25) is 10.0 Å². The molecule has 0 aliphatic heterocycles. The summed E-state index contributed by atoms with van der Waals surface area (Å²) in [5.41, 5.74) is -0.0737. The van der Waals surface area contributed by atoms with E-state index in [1.807, 2.05) is 11.5 Å². The second-order valence-electron chi connectivity index (χ2n) is 6.63. The van der Waals surface area contributed by atoms with Crippen LogP contribution in [0.5, 0.6) is 5.75 Å². The zero-order chi connectivity index (χ0) is 23.1. The molecule has 0 saturated heterocycles. The summed E-state index contributed by atoms with van der Waals surface area (Å²) in [5.74, 6) is -0.628. The van der Waals surface area contributed by atoms with E-state index in [0.717, 1.165) is 11.9 Å². The van der Waals surface area contributed by atoms with E-state index < -0.39 is 17.5 Å². The van der Waals surface area contributed by atoms with Crippen molar-refractivity contribution in [1.29, 1.82) is 0 Å². The van der Waals surface area contributed by atoms with Gasteiger partial charge in [-0.2, -0.15) is 0 Å². The molecule has 1 aromatic heterocycles. The smallest absolute Gasteiger partial charge is 0.234 e. The Bertz CT molecular complexity index is 1100. The van der Waals surface area contributed by atoms with E-state index in [1.54, 1.807) is 18.2 Å². The Balaban J connectivity index is 1.50. The van der Waals surface area contributed by atoms with Gasteiger partial charge in [0.15, 0.2) is 5.16 Å². The number of carbonyl (C=O) groups excluding carboxylic acids is 1. The number of halogens is 4. The van der Waals surface area contributed by atoms with Crippen LogP contribution in [0.25, 0.3) is 0 Å². The van der Waals surface area contributed by atoms with Crippen LogP contribution >= 0.6 is 35.0 Å². The molecule has 0 aliphatic rings. The summed E-state index contributed by atoms with van der Waals surface area (Å²) in [6.07, 6.45) is 1.31. The summed E-state index contributed by atoms with van der Waals surface area (Å²) in [6, 6.07) is 8.02. The van der Waals surface area contributed by atoms with Gasteiger partial charge in [-0.3, -0.25) is 4.79 Å². The molecule has 0 aliphatic carbocycles. The number of aromatic nitrogens is 3. The maximum atomic E-state index is 13.7. The predicted molar refractivity (Wildman–Crippen MR) is 122 cm³/mol. The average molecular weight is 501 g/mol. The molecule has 11 heteroatoms. The van der Waals surface area contributed by atoms with Gasteiger partial charge < -0.3 is 14.6 Å². The van der Waals surface area contributed by atoms with Crippen molar-refractivity contribution in [3.8, 4) is 5.75 Å². The lowest BCUT2D eigenvalue weighted by Gasteiger charge is -2.10. The first kappa shape index (κ1) is 24.3. The topological polar surface area (TPSA) is 69.0 Å². The van der Waals surface area contributed by atoms with Gasteiger partial charge in [-0.15, -0.1) is 10.2 Å². The minimum atomic E-state index is -0.829. The van der Waals surface area contributed by atoms with Crippen LogP contribution in [0.4, 0.5) is 14.5 Å². The Morgan fingerprint density at radius 2 is 2.00 bits per heavy atom. The first-order valence-electron chi connectivity index (χ1n) is 9.75. The zero-order valence-corrected chi connectivity index (χ0v) is 19.4. The van der Waals surface area contributed by atoms with Gasteiger partial charge in [0.25, 0.3) is 0 Å². The Hall–Kier alpha value is -2.36. The van der Waals surface area contributed by atoms with Gasteiger partial charge in [-0.05, 0) is 43.7 Å². The number of hydrogen-bond acceptors (Lipinski definition) is 5. The van der Waals surface area contributed by atoms with Gasteiger partial charge in [0.2, 0.25) is 5.91 Å². The molecule has 2 aromatic carbocycles. The molecule has 1 N–H and O–H groups in total. The molecule has 0 unspecified atom stereocenters. The molecule has 0 radical (unpaired) electrons. The minimum Gasteiger partial charge on any atom is -0.492 e. The molecule has 6 nitrogen and oxygen atoms in total. The van der Waals surface area contributed by atoms with Crippen molar-refractivity contribution >= 4 is 46.6 Å². The van der Waals surface area contributed by atoms with Crippen molar-refractivity contribution in [2.75, 3.05) is 17.7 Å². The van der Waals surface area contributed by atoms with E-state index in [0.29, 0.717) is 53.0 Å². The second-order valence-corrected chi connectivity index (χ2v) is 8.42. The lowest BCUT2D eigenvalue weighted by Crippen LogP contribution is -2.16. The summed E-state index contributed by atoms with van der Waals surface area (Å²) in [5, 5.41) is 12.4. The minimum absolute atomic E-state index is 0.00707. The third-order valence-electron chi connectivity index (χ3n) is 4.34. The fourth-order valence-corrected chi connectivity index (χ4v) is 4.12. The standard InChI is InChI=1S/C21H20Cl2F2N4O2S/c1-2-29-19(4-3-9-31-18-8-5-13(22)10-15(18)23)27-28-21(29)32-12-20(30)26-17-7-6-14(24)11-16(17)25/h5-8,10-11H,2-4,9,12H2,1H3,(H,26,30). The Morgan fingerprint density at radius 3 is 2.72 bits per heavy atom. The Labute approximate surface area is 198 Å². The van der Waals surface area contributed by atoms with Crippen LogP contribution in [0.15, 0.2) is 41.6 Å². The van der Waals surface area contributed by atoms with Crippen LogP contribution in [0, 0.1) is 11.6 Å². The first-order chi connectivity index (χ1) is 15.4. The maximum Gasteiger partial charge on any atom is 0.234 e. The van der Waals surface area contributed by atoms with E-state index in [2.05, 4.69) is 15.5 Å². The van der Waals surface area contributed by atoms with Gasteiger partial charge >= 0.3 is 0 Å². The molecule has 0 saturated carbocycles. The van der Waals surface area contributed by atoms with Crippen molar-refractivity contribution in [3.05, 3.63) is 63.9 Å². The molecule has 3 rings (SSSR count). The number of anilines is 1. The maximum absolute atomic E-state index is 13.7. The highest BCUT2D eigenvalue weighted by atomic mass is 35.5. The number of hydrogen-bond donors (Lipinski definition) is 1. The number of amides is 1. The number of carbonyl (C=O) groups is 1. The molecule has 1 heterocycles. The van der Waals surface area contributed by atoms with Gasteiger partial charge in [-0.1, -0.05) is 35.0 Å². The molecule has 0 atom stereocenters. The molecule has 0 fully saturated rings. The summed E-state index contributed by atoms with van der Waals surface area (Å²) < 4.78 is 34.3. The van der Waals surface area contributed by atoms with Crippen LogP contribution in [-0.2, 0) is 17.8 Å². The first-order valence-corrected chi connectivity index (χ1v) is 11.5. The Morgan fingerprint density at radius 1 is 1.19 bits per heavy atom. The summed E-state index contributed by atoms with van der Waals surface area (Å²) in [6.45, 7) is 3.02. The van der Waals surface area contributed by atoms with Gasteiger partial charge in [0.05, 0.1) is 23.1 Å². The number of rotatable bonds is 10. The SMILES string of the molecule is CCn1c(CCCOc2ccc(Cl)cc2Cl)nnc1SCC(=O)Nc1ccc(F)cc1F. The normalized spacial score (nSPS) is 10.9. The highest BCUT2D eigenvalue weighted by Crippen LogP contribution is 2.27. The number of thioether (sulfide) groups is 1. The molecule has 170 valence electrons. The van der Waals surface area contributed by atoms with Gasteiger partial charge in [0, 0.05) is 24.1 Å². The summed E-state index contributed by atoms with van der Waals surface area (Å²) >= 11 is 13.2. The Kier molecular flexibility index (Phi) is 8.72. The largest absolute Gasteiger partial charge is 0.492 e. The number of ether oxygens (including phenoxy) is 1. The van der Waals surface area contributed by atoms with E-state index in [9.17, 15) is 13.6 Å². The number of nitrogens with zero attached hydrogens (tertiary/aromatic N) is 3. The third-order valence-corrected chi connectivity index (χ3v) is 5.84. The molecule has 3 aromatic rings. The van der Waals surface area contributed by atoms with E-state index >= 15 is 0 Å². The molecular weight excluding hydrogens is 481 g/mol. The fourth-order valence-electron chi connectivity index (χ4n) is 2.84. The molecule has 32 heavy (non-hydrogen) atoms. The van der Waals surface area contributed by atoms with Crippen molar-refractivity contribution < 1.29 is 18.3 Å². The summed E-state index contributed by atoms with van der Waals surface area (Å²) in [4.78, 5) is 12.1. The zero-order valence-electron chi connectivity index (χ0n) is 17.1. The quantitative estimate of drug-likeness (QED) is 0.288. The second kappa shape index (κ2) is 11.5.